The first-order valence-corrected chi connectivity index (χ1v) is 5.17. The van der Waals surface area contributed by atoms with E-state index in [0.717, 1.165) is 16.8 Å². The molecule has 1 aliphatic rings. The van der Waals surface area contributed by atoms with Crippen molar-refractivity contribution in [2.75, 3.05) is 13.6 Å². The van der Waals surface area contributed by atoms with E-state index in [1.165, 1.54) is 18.4 Å². The molecule has 1 aromatic heterocycles. The lowest BCUT2D eigenvalue weighted by atomic mass is 10.2. The molecule has 0 saturated carbocycles. The van der Waals surface area contributed by atoms with Crippen LogP contribution in [0.15, 0.2) is 30.6 Å². The summed E-state index contributed by atoms with van der Waals surface area (Å²) in [5, 5.41) is 0. The monoisotopic (exact) mass is 189 g/mol. The largest absolute Gasteiger partial charge is 0.251 e. The average molecular weight is 189 g/mol. The molecule has 1 unspecified atom stereocenters. The molecule has 2 rings (SSSR count). The summed E-state index contributed by atoms with van der Waals surface area (Å²) in [5.74, 6) is 1.14. The Labute approximate surface area is 85.5 Å². The van der Waals surface area contributed by atoms with Crippen LogP contribution in [-0.4, -0.2) is 18.6 Å². The molecule has 14 heavy (non-hydrogen) atoms. The quantitative estimate of drug-likeness (QED) is 0.619. The molecule has 0 N–H and O–H groups in total. The molecule has 0 radical (unpaired) electrons. The zero-order valence-electron chi connectivity index (χ0n) is 8.90. The number of aryl methyl sites for hydroxylation is 1. The van der Waals surface area contributed by atoms with E-state index in [0.29, 0.717) is 0 Å². The minimum Gasteiger partial charge on any atom is -0.251 e. The summed E-state index contributed by atoms with van der Waals surface area (Å²) in [6.07, 6.45) is 8.91. The molecule has 0 fully saturated rings. The Kier molecular flexibility index (Phi) is 2.38. The maximum absolute atomic E-state index is 4.49. The van der Waals surface area contributed by atoms with Crippen LogP contribution in [0.1, 0.15) is 18.4 Å². The molecule has 0 amide bonds. The first kappa shape index (κ1) is 9.41. The second-order valence-corrected chi connectivity index (χ2v) is 4.21. The van der Waals surface area contributed by atoms with E-state index in [-0.39, 0.29) is 0 Å². The number of hydrogen-bond acceptors (Lipinski definition) is 1. The summed E-state index contributed by atoms with van der Waals surface area (Å²) in [6, 6.07) is 4.26. The van der Waals surface area contributed by atoms with E-state index in [1.807, 2.05) is 6.20 Å². The zero-order valence-corrected chi connectivity index (χ0v) is 8.90. The van der Waals surface area contributed by atoms with Crippen LogP contribution in [-0.2, 0) is 0 Å². The van der Waals surface area contributed by atoms with E-state index in [4.69, 9.17) is 0 Å². The van der Waals surface area contributed by atoms with Gasteiger partial charge in [0.1, 0.15) is 0 Å². The number of nitrogens with zero attached hydrogens (tertiary/aromatic N) is 2. The highest BCUT2D eigenvalue weighted by Crippen LogP contribution is 2.23. The first-order chi connectivity index (χ1) is 6.71. The van der Waals surface area contributed by atoms with Gasteiger partial charge in [-0.1, -0.05) is 6.07 Å². The van der Waals surface area contributed by atoms with Gasteiger partial charge in [-0.25, -0.2) is 4.98 Å². The molecular formula is C12H17N2+. The number of aromatic nitrogens is 1. The third-order valence-corrected chi connectivity index (χ3v) is 2.85. The van der Waals surface area contributed by atoms with Gasteiger partial charge in [-0.05, 0) is 25.0 Å². The number of quaternary nitrogens is 1. The molecule has 1 atom stereocenters. The van der Waals surface area contributed by atoms with Crippen molar-refractivity contribution in [3.63, 3.8) is 0 Å². The lowest BCUT2D eigenvalue weighted by Gasteiger charge is -2.30. The Morgan fingerprint density at radius 1 is 1.36 bits per heavy atom. The van der Waals surface area contributed by atoms with Gasteiger partial charge in [0.25, 0.3) is 0 Å². The second kappa shape index (κ2) is 3.54. The van der Waals surface area contributed by atoms with Crippen molar-refractivity contribution in [2.45, 2.75) is 19.8 Å². The smallest absolute Gasteiger partial charge is 0.231 e. The summed E-state index contributed by atoms with van der Waals surface area (Å²) in [6.45, 7) is 3.23. The Bertz CT molecular complexity index is 340. The molecule has 2 heteroatoms. The van der Waals surface area contributed by atoms with E-state index >= 15 is 0 Å². The lowest BCUT2D eigenvalue weighted by Crippen LogP contribution is -2.42. The normalized spacial score (nSPS) is 26.4. The van der Waals surface area contributed by atoms with Crippen LogP contribution in [0.25, 0.3) is 0 Å². The highest BCUT2D eigenvalue weighted by atomic mass is 15.4. The van der Waals surface area contributed by atoms with Crippen molar-refractivity contribution in [3.05, 3.63) is 36.2 Å². The van der Waals surface area contributed by atoms with Crippen LogP contribution in [0.2, 0.25) is 0 Å². The number of allylic oxidation sites excluding steroid dienone is 1. The van der Waals surface area contributed by atoms with Crippen LogP contribution in [0.4, 0.5) is 5.82 Å². The van der Waals surface area contributed by atoms with Crippen LogP contribution in [0, 0.1) is 6.92 Å². The maximum Gasteiger partial charge on any atom is 0.231 e. The molecule has 1 aliphatic heterocycles. The van der Waals surface area contributed by atoms with Crippen molar-refractivity contribution in [2.24, 2.45) is 0 Å². The van der Waals surface area contributed by atoms with Crippen molar-refractivity contribution in [1.82, 2.24) is 9.47 Å². The van der Waals surface area contributed by atoms with Crippen LogP contribution in [0.3, 0.4) is 0 Å². The van der Waals surface area contributed by atoms with E-state index in [2.05, 4.69) is 43.4 Å². The van der Waals surface area contributed by atoms with Gasteiger partial charge in [0.2, 0.25) is 5.82 Å². The number of pyridine rings is 1. The van der Waals surface area contributed by atoms with Gasteiger partial charge in [-0.3, -0.25) is 4.48 Å². The predicted molar refractivity (Wildman–Crippen MR) is 59.9 cm³/mol. The average Bonchev–Trinajstić information content (AvgIpc) is 2.19. The van der Waals surface area contributed by atoms with Gasteiger partial charge in [-0.15, -0.1) is 0 Å². The Morgan fingerprint density at radius 3 is 2.79 bits per heavy atom. The van der Waals surface area contributed by atoms with Crippen molar-refractivity contribution < 1.29 is 0 Å². The van der Waals surface area contributed by atoms with Crippen LogP contribution >= 0.6 is 0 Å². The standard InChI is InChI=1S/C12H17N2/c1-11-6-7-12(13-10-11)14(2)8-4-3-5-9-14/h4,6-8,10H,3,5,9H2,1-2H3/q+1. The Hall–Kier alpha value is -1.15. The molecule has 74 valence electrons. The van der Waals surface area contributed by atoms with Gasteiger partial charge >= 0.3 is 0 Å². The Balaban J connectivity index is 2.33. The summed E-state index contributed by atoms with van der Waals surface area (Å²) in [7, 11) is 2.22. The Morgan fingerprint density at radius 2 is 2.21 bits per heavy atom. The van der Waals surface area contributed by atoms with Crippen molar-refractivity contribution >= 4 is 5.82 Å². The first-order valence-electron chi connectivity index (χ1n) is 5.17. The molecule has 1 aromatic rings. The SMILES string of the molecule is Cc1ccc([N+]2(C)C=CCCC2)nc1. The molecule has 0 spiro atoms. The highest BCUT2D eigenvalue weighted by molar-refractivity contribution is 5.38. The minimum atomic E-state index is 0.848. The summed E-state index contributed by atoms with van der Waals surface area (Å²) in [4.78, 5) is 4.49. The van der Waals surface area contributed by atoms with Gasteiger partial charge in [0, 0.05) is 18.7 Å². The molecule has 2 heterocycles. The molecule has 0 saturated heterocycles. The van der Waals surface area contributed by atoms with E-state index in [1.54, 1.807) is 0 Å². The summed E-state index contributed by atoms with van der Waals surface area (Å²) >= 11 is 0. The zero-order chi connectivity index (χ0) is 10.0. The molecule has 0 aromatic carbocycles. The fourth-order valence-corrected chi connectivity index (χ4v) is 1.87. The topological polar surface area (TPSA) is 12.9 Å². The summed E-state index contributed by atoms with van der Waals surface area (Å²) < 4.78 is 0.848. The van der Waals surface area contributed by atoms with E-state index in [9.17, 15) is 0 Å². The van der Waals surface area contributed by atoms with Crippen LogP contribution in [0.5, 0.6) is 0 Å². The number of rotatable bonds is 1. The highest BCUT2D eigenvalue weighted by Gasteiger charge is 2.25. The van der Waals surface area contributed by atoms with Crippen molar-refractivity contribution in [3.8, 4) is 0 Å². The molecular weight excluding hydrogens is 172 g/mol. The molecule has 0 bridgehead atoms. The second-order valence-electron chi connectivity index (χ2n) is 4.21. The molecule has 0 aliphatic carbocycles. The predicted octanol–water partition coefficient (Wildman–Crippen LogP) is 2.63. The maximum atomic E-state index is 4.49. The third kappa shape index (κ3) is 1.70. The third-order valence-electron chi connectivity index (χ3n) is 2.85. The number of hydrogen-bond donors (Lipinski definition) is 0. The minimum absolute atomic E-state index is 0.848. The van der Waals surface area contributed by atoms with Gasteiger partial charge < -0.3 is 0 Å². The fraction of sp³-hybridized carbons (Fsp3) is 0.417. The molecule has 2 nitrogen and oxygen atoms in total. The lowest BCUT2D eigenvalue weighted by molar-refractivity contribution is 0.405. The fourth-order valence-electron chi connectivity index (χ4n) is 1.87. The summed E-state index contributed by atoms with van der Waals surface area (Å²) in [5.41, 5.74) is 1.22. The van der Waals surface area contributed by atoms with Crippen LogP contribution < -0.4 is 4.48 Å². The van der Waals surface area contributed by atoms with Gasteiger partial charge in [0.05, 0.1) is 19.8 Å². The van der Waals surface area contributed by atoms with Gasteiger partial charge in [0.15, 0.2) is 0 Å². The van der Waals surface area contributed by atoms with E-state index < -0.39 is 0 Å². The van der Waals surface area contributed by atoms with Crippen molar-refractivity contribution in [1.29, 1.82) is 0 Å². The van der Waals surface area contributed by atoms with Gasteiger partial charge in [-0.2, -0.15) is 0 Å².